The maximum atomic E-state index is 10.0. The monoisotopic (exact) mass is 222 g/mol. The summed E-state index contributed by atoms with van der Waals surface area (Å²) >= 11 is 0. The zero-order valence-corrected chi connectivity index (χ0v) is 9.51. The van der Waals surface area contributed by atoms with Crippen molar-refractivity contribution in [2.45, 2.75) is 6.42 Å². The fourth-order valence-corrected chi connectivity index (χ4v) is 2.39. The summed E-state index contributed by atoms with van der Waals surface area (Å²) in [5.74, 6) is 0.809. The van der Waals surface area contributed by atoms with Crippen LogP contribution in [0.15, 0.2) is 60.7 Å². The van der Waals surface area contributed by atoms with Gasteiger partial charge in [0.2, 0.25) is 0 Å². The van der Waals surface area contributed by atoms with E-state index >= 15 is 0 Å². The van der Waals surface area contributed by atoms with Gasteiger partial charge in [-0.15, -0.1) is 0 Å². The molecule has 0 unspecified atom stereocenters. The lowest BCUT2D eigenvalue weighted by Gasteiger charge is -2.11. The fraction of sp³-hybridized carbons (Fsp3) is 0.125. The van der Waals surface area contributed by atoms with Crippen molar-refractivity contribution in [3.63, 3.8) is 0 Å². The second kappa shape index (κ2) is 4.10. The Morgan fingerprint density at radius 1 is 0.941 bits per heavy atom. The van der Waals surface area contributed by atoms with E-state index in [9.17, 15) is 5.11 Å². The third-order valence-electron chi connectivity index (χ3n) is 3.28. The van der Waals surface area contributed by atoms with Gasteiger partial charge in [-0.3, -0.25) is 0 Å². The van der Waals surface area contributed by atoms with Crippen molar-refractivity contribution in [3.8, 4) is 5.75 Å². The highest BCUT2D eigenvalue weighted by atomic mass is 16.3. The van der Waals surface area contributed by atoms with Crippen molar-refractivity contribution in [1.29, 1.82) is 0 Å². The third-order valence-corrected chi connectivity index (χ3v) is 3.28. The fourth-order valence-electron chi connectivity index (χ4n) is 2.39. The molecule has 3 rings (SSSR count). The van der Waals surface area contributed by atoms with Gasteiger partial charge < -0.3 is 5.11 Å². The molecule has 0 atom stereocenters. The van der Waals surface area contributed by atoms with Crippen LogP contribution in [0.1, 0.15) is 5.56 Å². The normalized spacial score (nSPS) is 14.8. The Bertz CT molecular complexity index is 596. The number of benzene rings is 2. The van der Waals surface area contributed by atoms with Crippen LogP contribution >= 0.6 is 0 Å². The molecule has 0 amide bonds. The van der Waals surface area contributed by atoms with Gasteiger partial charge in [0.25, 0.3) is 0 Å². The van der Waals surface area contributed by atoms with Gasteiger partial charge in [-0.05, 0) is 29.2 Å². The smallest absolute Gasteiger partial charge is 0.119 e. The molecule has 1 aliphatic carbocycles. The summed E-state index contributed by atoms with van der Waals surface area (Å²) in [5.41, 5.74) is 1.05. The van der Waals surface area contributed by atoms with E-state index in [4.69, 9.17) is 0 Å². The quantitative estimate of drug-likeness (QED) is 0.818. The van der Waals surface area contributed by atoms with Crippen LogP contribution in [0.4, 0.5) is 0 Å². The van der Waals surface area contributed by atoms with Crippen LogP contribution < -0.4 is 0 Å². The maximum absolute atomic E-state index is 10.0. The molecule has 1 aliphatic rings. The number of rotatable bonds is 2. The first kappa shape index (κ1) is 10.2. The lowest BCUT2D eigenvalue weighted by atomic mass is 9.95. The maximum Gasteiger partial charge on any atom is 0.119 e. The summed E-state index contributed by atoms with van der Waals surface area (Å²) in [7, 11) is 0. The SMILES string of the molecule is Oc1ccc2ccccc2c1CC1C=CC=C1. The predicted octanol–water partition coefficient (Wildman–Crippen LogP) is 3.83. The molecule has 0 fully saturated rings. The standard InChI is InChI=1S/C16H14O/c17-16-10-9-13-7-3-4-8-14(13)15(16)11-12-5-1-2-6-12/h1-10,12,17H,11H2. The van der Waals surface area contributed by atoms with Crippen LogP contribution in [0.25, 0.3) is 10.8 Å². The van der Waals surface area contributed by atoms with E-state index in [2.05, 4.69) is 36.4 Å². The van der Waals surface area contributed by atoms with Gasteiger partial charge in [0.1, 0.15) is 5.75 Å². The first-order valence-corrected chi connectivity index (χ1v) is 5.89. The lowest BCUT2D eigenvalue weighted by molar-refractivity contribution is 0.467. The van der Waals surface area contributed by atoms with Crippen LogP contribution in [0.3, 0.4) is 0 Å². The van der Waals surface area contributed by atoms with Gasteiger partial charge >= 0.3 is 0 Å². The highest BCUT2D eigenvalue weighted by molar-refractivity contribution is 5.87. The summed E-state index contributed by atoms with van der Waals surface area (Å²) in [6, 6.07) is 12.0. The van der Waals surface area contributed by atoms with E-state index in [-0.39, 0.29) is 0 Å². The van der Waals surface area contributed by atoms with Crippen molar-refractivity contribution < 1.29 is 5.11 Å². The van der Waals surface area contributed by atoms with Crippen LogP contribution in [-0.2, 0) is 6.42 Å². The van der Waals surface area contributed by atoms with E-state index in [0.717, 1.165) is 17.4 Å². The molecule has 0 aromatic heterocycles. The molecule has 2 aromatic rings. The minimum Gasteiger partial charge on any atom is -0.508 e. The first-order valence-electron chi connectivity index (χ1n) is 5.89. The Balaban J connectivity index is 2.10. The summed E-state index contributed by atoms with van der Waals surface area (Å²) in [6.45, 7) is 0. The average Bonchev–Trinajstić information content (AvgIpc) is 2.86. The van der Waals surface area contributed by atoms with E-state index < -0.39 is 0 Å². The molecule has 84 valence electrons. The van der Waals surface area contributed by atoms with E-state index in [0.29, 0.717) is 11.7 Å². The summed E-state index contributed by atoms with van der Waals surface area (Å²) in [6.07, 6.45) is 9.32. The molecule has 0 saturated carbocycles. The molecular weight excluding hydrogens is 208 g/mol. The first-order chi connectivity index (χ1) is 8.34. The van der Waals surface area contributed by atoms with Gasteiger partial charge in [-0.2, -0.15) is 0 Å². The van der Waals surface area contributed by atoms with Crippen LogP contribution in [-0.4, -0.2) is 5.11 Å². The van der Waals surface area contributed by atoms with Crippen LogP contribution in [0.5, 0.6) is 5.75 Å². The van der Waals surface area contributed by atoms with Crippen molar-refractivity contribution in [1.82, 2.24) is 0 Å². The predicted molar refractivity (Wildman–Crippen MR) is 71.1 cm³/mol. The molecule has 0 spiro atoms. The molecule has 17 heavy (non-hydrogen) atoms. The number of allylic oxidation sites excluding steroid dienone is 4. The minimum absolute atomic E-state index is 0.400. The molecule has 2 aromatic carbocycles. The molecule has 0 heterocycles. The molecule has 0 radical (unpaired) electrons. The van der Waals surface area contributed by atoms with Crippen LogP contribution in [0.2, 0.25) is 0 Å². The molecule has 0 aliphatic heterocycles. The van der Waals surface area contributed by atoms with Gasteiger partial charge in [-0.1, -0.05) is 54.6 Å². The van der Waals surface area contributed by atoms with Crippen molar-refractivity contribution in [2.75, 3.05) is 0 Å². The highest BCUT2D eigenvalue weighted by Crippen LogP contribution is 2.30. The average molecular weight is 222 g/mol. The van der Waals surface area contributed by atoms with Gasteiger partial charge in [0.05, 0.1) is 0 Å². The second-order valence-electron chi connectivity index (χ2n) is 4.42. The van der Waals surface area contributed by atoms with Crippen molar-refractivity contribution in [3.05, 3.63) is 66.3 Å². The van der Waals surface area contributed by atoms with E-state index in [1.165, 1.54) is 5.39 Å². The van der Waals surface area contributed by atoms with Gasteiger partial charge in [-0.25, -0.2) is 0 Å². The van der Waals surface area contributed by atoms with Crippen LogP contribution in [0, 0.1) is 5.92 Å². The Labute approximate surface area is 101 Å². The number of fused-ring (bicyclic) bond motifs is 1. The summed E-state index contributed by atoms with van der Waals surface area (Å²) in [4.78, 5) is 0. The Hall–Kier alpha value is -2.02. The zero-order valence-electron chi connectivity index (χ0n) is 9.51. The number of hydrogen-bond acceptors (Lipinski definition) is 1. The molecular formula is C16H14O. The third kappa shape index (κ3) is 1.84. The zero-order chi connectivity index (χ0) is 11.7. The number of phenolic OH excluding ortho intramolecular Hbond substituents is 1. The number of aromatic hydroxyl groups is 1. The molecule has 1 nitrogen and oxygen atoms in total. The Kier molecular flexibility index (Phi) is 2.45. The molecule has 0 saturated heterocycles. The second-order valence-corrected chi connectivity index (χ2v) is 4.42. The summed E-state index contributed by atoms with van der Waals surface area (Å²) < 4.78 is 0. The summed E-state index contributed by atoms with van der Waals surface area (Å²) in [5, 5.41) is 12.4. The Morgan fingerprint density at radius 3 is 2.53 bits per heavy atom. The van der Waals surface area contributed by atoms with Gasteiger partial charge in [0, 0.05) is 5.56 Å². The molecule has 0 bridgehead atoms. The van der Waals surface area contributed by atoms with Crippen molar-refractivity contribution in [2.24, 2.45) is 5.92 Å². The lowest BCUT2D eigenvalue weighted by Crippen LogP contribution is -1.97. The number of hydrogen-bond donors (Lipinski definition) is 1. The van der Waals surface area contributed by atoms with E-state index in [1.54, 1.807) is 6.07 Å². The largest absolute Gasteiger partial charge is 0.508 e. The number of phenols is 1. The highest BCUT2D eigenvalue weighted by Gasteiger charge is 2.11. The Morgan fingerprint density at radius 2 is 1.71 bits per heavy atom. The van der Waals surface area contributed by atoms with Gasteiger partial charge in [0.15, 0.2) is 0 Å². The van der Waals surface area contributed by atoms with Crippen molar-refractivity contribution >= 4 is 10.8 Å². The van der Waals surface area contributed by atoms with E-state index in [1.807, 2.05) is 18.2 Å². The minimum atomic E-state index is 0.400. The topological polar surface area (TPSA) is 20.2 Å². The molecule has 1 N–H and O–H groups in total. The molecule has 1 heteroatoms.